The molecule has 0 bridgehead atoms. The Hall–Kier alpha value is -3.62. The minimum atomic E-state index is -3.67. The van der Waals surface area contributed by atoms with E-state index in [4.69, 9.17) is 4.98 Å². The van der Waals surface area contributed by atoms with Crippen LogP contribution >= 0.6 is 0 Å². The molecule has 37 heavy (non-hydrogen) atoms. The number of carbonyl (C=O) groups excluding carboxylic acids is 1. The van der Waals surface area contributed by atoms with Gasteiger partial charge in [-0.25, -0.2) is 13.4 Å². The lowest BCUT2D eigenvalue weighted by atomic mass is 10.0. The normalized spacial score (nSPS) is 14.8. The molecule has 2 aromatic carbocycles. The van der Waals surface area contributed by atoms with E-state index in [1.54, 1.807) is 41.0 Å². The van der Waals surface area contributed by atoms with Crippen molar-refractivity contribution >= 4 is 26.8 Å². The molecule has 3 heterocycles. The van der Waals surface area contributed by atoms with Gasteiger partial charge in [-0.1, -0.05) is 43.2 Å². The fraction of sp³-hybridized carbons (Fsp3) is 0.276. The summed E-state index contributed by atoms with van der Waals surface area (Å²) >= 11 is 0. The number of pyridine rings is 2. The third-order valence-corrected chi connectivity index (χ3v) is 8.62. The van der Waals surface area contributed by atoms with E-state index in [0.717, 1.165) is 36.8 Å². The van der Waals surface area contributed by atoms with E-state index in [1.165, 1.54) is 0 Å². The highest BCUT2D eigenvalue weighted by Crippen LogP contribution is 2.28. The predicted octanol–water partition coefficient (Wildman–Crippen LogP) is 4.83. The molecular formula is C29H30N4O3S. The second-order valence-corrected chi connectivity index (χ2v) is 11.2. The van der Waals surface area contributed by atoms with Gasteiger partial charge in [0.2, 0.25) is 10.0 Å². The highest BCUT2D eigenvalue weighted by Gasteiger charge is 2.26. The van der Waals surface area contributed by atoms with Gasteiger partial charge in [0.1, 0.15) is 0 Å². The summed E-state index contributed by atoms with van der Waals surface area (Å²) in [4.78, 5) is 22.5. The van der Waals surface area contributed by atoms with Gasteiger partial charge in [0.25, 0.3) is 5.91 Å². The fourth-order valence-corrected chi connectivity index (χ4v) is 6.25. The van der Waals surface area contributed by atoms with Crippen LogP contribution in [0.4, 0.5) is 0 Å². The number of rotatable bonds is 7. The van der Waals surface area contributed by atoms with E-state index in [9.17, 15) is 13.2 Å². The van der Waals surface area contributed by atoms with E-state index < -0.39 is 10.0 Å². The van der Waals surface area contributed by atoms with E-state index >= 15 is 0 Å². The Morgan fingerprint density at radius 2 is 1.70 bits per heavy atom. The number of sulfonamides is 1. The van der Waals surface area contributed by atoms with Gasteiger partial charge in [-0.3, -0.25) is 9.78 Å². The molecule has 0 radical (unpaired) electrons. The quantitative estimate of drug-likeness (QED) is 0.381. The van der Waals surface area contributed by atoms with Crippen LogP contribution in [0.1, 0.15) is 41.6 Å². The number of nitrogens with zero attached hydrogens (tertiary/aromatic N) is 3. The second kappa shape index (κ2) is 11.2. The van der Waals surface area contributed by atoms with Gasteiger partial charge in [-0.2, -0.15) is 4.31 Å². The van der Waals surface area contributed by atoms with Gasteiger partial charge in [0.05, 0.1) is 21.7 Å². The highest BCUT2D eigenvalue weighted by atomic mass is 32.2. The van der Waals surface area contributed by atoms with Gasteiger partial charge in [-0.15, -0.1) is 0 Å². The van der Waals surface area contributed by atoms with E-state index in [-0.39, 0.29) is 10.8 Å². The van der Waals surface area contributed by atoms with Gasteiger partial charge >= 0.3 is 0 Å². The summed E-state index contributed by atoms with van der Waals surface area (Å²) in [5.74, 6) is -0.266. The maximum atomic E-state index is 13.5. The Bertz CT molecular complexity index is 1480. The molecule has 4 aromatic rings. The summed E-state index contributed by atoms with van der Waals surface area (Å²) in [5, 5.41) is 3.52. The molecule has 5 rings (SSSR count). The van der Waals surface area contributed by atoms with Crippen LogP contribution in [0, 0.1) is 0 Å². The summed E-state index contributed by atoms with van der Waals surface area (Å²) in [5.41, 5.74) is 3.47. The van der Waals surface area contributed by atoms with Crippen molar-refractivity contribution < 1.29 is 13.2 Å². The van der Waals surface area contributed by atoms with Crippen molar-refractivity contribution in [2.45, 2.75) is 37.0 Å². The van der Waals surface area contributed by atoms with Gasteiger partial charge in [0, 0.05) is 43.0 Å². The Morgan fingerprint density at radius 1 is 0.919 bits per heavy atom. The average Bonchev–Trinajstić information content (AvgIpc) is 3.24. The molecule has 0 aliphatic carbocycles. The van der Waals surface area contributed by atoms with Crippen LogP contribution in [-0.2, 0) is 16.4 Å². The molecule has 0 atom stereocenters. The number of carbonyl (C=O) groups is 1. The third kappa shape index (κ3) is 5.70. The van der Waals surface area contributed by atoms with E-state index in [0.29, 0.717) is 48.2 Å². The lowest BCUT2D eigenvalue weighted by Gasteiger charge is -2.20. The molecule has 1 N–H and O–H groups in total. The molecule has 0 unspecified atom stereocenters. The van der Waals surface area contributed by atoms with Crippen LogP contribution in [0.25, 0.3) is 22.2 Å². The highest BCUT2D eigenvalue weighted by molar-refractivity contribution is 7.89. The number of amides is 1. The first-order valence-electron chi connectivity index (χ1n) is 12.7. The van der Waals surface area contributed by atoms with Crippen LogP contribution < -0.4 is 5.32 Å². The fourth-order valence-electron chi connectivity index (χ4n) is 4.71. The average molecular weight is 515 g/mol. The number of aromatic nitrogens is 2. The molecule has 8 heteroatoms. The Labute approximate surface area is 217 Å². The Kier molecular flexibility index (Phi) is 7.58. The minimum Gasteiger partial charge on any atom is -0.352 e. The largest absolute Gasteiger partial charge is 0.352 e. The standard InChI is InChI=1S/C29H30N4O3S/c34-29(31-16-14-22-9-4-3-5-10-22)26-20-28(23-11-8-15-30-21-23)32-27-13-12-24(19-25(26)27)37(35,36)33-17-6-1-2-7-18-33/h3-5,8-13,15,19-21H,1-2,6-7,14,16-18H2,(H,31,34). The summed E-state index contributed by atoms with van der Waals surface area (Å²) in [6, 6.07) is 20.3. The van der Waals surface area contributed by atoms with Crippen LogP contribution in [0.15, 0.2) is 84.0 Å². The summed E-state index contributed by atoms with van der Waals surface area (Å²) in [6.07, 6.45) is 7.87. The van der Waals surface area contributed by atoms with Crippen LogP contribution in [-0.4, -0.2) is 48.2 Å². The van der Waals surface area contributed by atoms with Gasteiger partial charge in [-0.05, 0) is 61.2 Å². The maximum absolute atomic E-state index is 13.5. The molecule has 0 saturated carbocycles. The Balaban J connectivity index is 1.52. The molecule has 1 aliphatic heterocycles. The number of benzene rings is 2. The zero-order chi connectivity index (χ0) is 25.7. The SMILES string of the molecule is O=C(NCCc1ccccc1)c1cc(-c2cccnc2)nc2ccc(S(=O)(=O)N3CCCCCC3)cc12. The van der Waals surface area contributed by atoms with Gasteiger partial charge < -0.3 is 5.32 Å². The van der Waals surface area contributed by atoms with Crippen molar-refractivity contribution in [3.63, 3.8) is 0 Å². The first kappa shape index (κ1) is 25.0. The van der Waals surface area contributed by atoms with E-state index in [2.05, 4.69) is 10.3 Å². The topological polar surface area (TPSA) is 92.3 Å². The molecule has 190 valence electrons. The zero-order valence-corrected chi connectivity index (χ0v) is 21.5. The zero-order valence-electron chi connectivity index (χ0n) is 20.6. The van der Waals surface area contributed by atoms with Crippen LogP contribution in [0.5, 0.6) is 0 Å². The lowest BCUT2D eigenvalue weighted by Crippen LogP contribution is -2.32. The number of hydrogen-bond donors (Lipinski definition) is 1. The monoisotopic (exact) mass is 514 g/mol. The van der Waals surface area contributed by atoms with E-state index in [1.807, 2.05) is 42.5 Å². The molecular weight excluding hydrogens is 484 g/mol. The molecule has 2 aromatic heterocycles. The molecule has 0 spiro atoms. The van der Waals surface area contributed by atoms with Crippen molar-refractivity contribution in [3.8, 4) is 11.3 Å². The first-order chi connectivity index (χ1) is 18.0. The molecule has 1 fully saturated rings. The minimum absolute atomic E-state index is 0.191. The van der Waals surface area contributed by atoms with Crippen molar-refractivity contribution in [1.29, 1.82) is 0 Å². The summed E-state index contributed by atoms with van der Waals surface area (Å²) < 4.78 is 28.5. The lowest BCUT2D eigenvalue weighted by molar-refractivity contribution is 0.0955. The van der Waals surface area contributed by atoms with Crippen molar-refractivity contribution in [2.75, 3.05) is 19.6 Å². The number of hydrogen-bond acceptors (Lipinski definition) is 5. The van der Waals surface area contributed by atoms with Gasteiger partial charge in [0.15, 0.2) is 0 Å². The third-order valence-electron chi connectivity index (χ3n) is 6.73. The maximum Gasteiger partial charge on any atom is 0.252 e. The molecule has 1 saturated heterocycles. The molecule has 7 nitrogen and oxygen atoms in total. The predicted molar refractivity (Wildman–Crippen MR) is 145 cm³/mol. The first-order valence-corrected chi connectivity index (χ1v) is 14.1. The van der Waals surface area contributed by atoms with Crippen LogP contribution in [0.2, 0.25) is 0 Å². The van der Waals surface area contributed by atoms with Crippen molar-refractivity contribution in [3.05, 3.63) is 90.3 Å². The molecule has 1 amide bonds. The number of nitrogens with one attached hydrogen (secondary N) is 1. The number of fused-ring (bicyclic) bond motifs is 1. The second-order valence-electron chi connectivity index (χ2n) is 9.29. The smallest absolute Gasteiger partial charge is 0.252 e. The van der Waals surface area contributed by atoms with Crippen molar-refractivity contribution in [2.24, 2.45) is 0 Å². The van der Waals surface area contributed by atoms with Crippen LogP contribution in [0.3, 0.4) is 0 Å². The summed E-state index contributed by atoms with van der Waals surface area (Å²) in [7, 11) is -3.67. The Morgan fingerprint density at radius 3 is 2.43 bits per heavy atom. The van der Waals surface area contributed by atoms with Crippen molar-refractivity contribution in [1.82, 2.24) is 19.6 Å². The molecule has 1 aliphatic rings. The summed E-state index contributed by atoms with van der Waals surface area (Å²) in [6.45, 7) is 1.50.